The molecule has 6 heteroatoms. The van der Waals surface area contributed by atoms with Gasteiger partial charge in [-0.2, -0.15) is 5.10 Å². The van der Waals surface area contributed by atoms with Crippen LogP contribution in [-0.4, -0.2) is 26.4 Å². The highest BCUT2D eigenvalue weighted by Gasteiger charge is 2.37. The van der Waals surface area contributed by atoms with Crippen LogP contribution in [0.1, 0.15) is 49.2 Å². The van der Waals surface area contributed by atoms with Gasteiger partial charge in [-0.3, -0.25) is 0 Å². The highest BCUT2D eigenvalue weighted by Crippen LogP contribution is 2.49. The fraction of sp³-hybridized carbons (Fsp3) is 0.600. The molecule has 0 bridgehead atoms. The molecule has 0 saturated heterocycles. The lowest BCUT2D eigenvalue weighted by molar-refractivity contribution is 0.374. The zero-order valence-electron chi connectivity index (χ0n) is 12.8. The van der Waals surface area contributed by atoms with Crippen LogP contribution in [0.4, 0.5) is 5.82 Å². The summed E-state index contributed by atoms with van der Waals surface area (Å²) in [5.74, 6) is 3.25. The van der Waals surface area contributed by atoms with Crippen LogP contribution < -0.4 is 10.5 Å². The van der Waals surface area contributed by atoms with Crippen LogP contribution in [0.3, 0.4) is 0 Å². The van der Waals surface area contributed by atoms with E-state index in [0.717, 1.165) is 34.5 Å². The van der Waals surface area contributed by atoms with E-state index in [1.807, 2.05) is 14.0 Å². The highest BCUT2D eigenvalue weighted by atomic mass is 16.5. The van der Waals surface area contributed by atoms with Crippen molar-refractivity contribution in [3.63, 3.8) is 0 Å². The smallest absolute Gasteiger partial charge is 0.221 e. The minimum Gasteiger partial charge on any atom is -0.481 e. The van der Waals surface area contributed by atoms with Gasteiger partial charge < -0.3 is 15.0 Å². The number of nitrogens with two attached hydrogens (primary N) is 1. The van der Waals surface area contributed by atoms with Crippen LogP contribution in [0.5, 0.6) is 5.88 Å². The van der Waals surface area contributed by atoms with Crippen LogP contribution in [0, 0.1) is 6.92 Å². The van der Waals surface area contributed by atoms with E-state index in [4.69, 9.17) is 15.5 Å². The molecule has 2 N–H and O–H groups in total. The van der Waals surface area contributed by atoms with Crippen molar-refractivity contribution in [2.24, 2.45) is 7.05 Å². The number of imidazole rings is 1. The maximum absolute atomic E-state index is 6.45. The monoisotopic (exact) mass is 287 g/mol. The second-order valence-electron chi connectivity index (χ2n) is 6.17. The molecule has 2 aliphatic carbocycles. The van der Waals surface area contributed by atoms with Gasteiger partial charge in [-0.15, -0.1) is 0 Å². The summed E-state index contributed by atoms with van der Waals surface area (Å²) in [6.45, 7) is 1.98. The first kappa shape index (κ1) is 12.7. The molecule has 0 spiro atoms. The molecule has 2 fully saturated rings. The maximum Gasteiger partial charge on any atom is 0.221 e. The van der Waals surface area contributed by atoms with Crippen molar-refractivity contribution in [3.05, 3.63) is 11.5 Å². The first-order valence-electron chi connectivity index (χ1n) is 7.57. The van der Waals surface area contributed by atoms with Crippen LogP contribution >= 0.6 is 0 Å². The molecule has 0 unspecified atom stereocenters. The Labute approximate surface area is 123 Å². The standard InChI is InChI=1S/C15H21N5O/c1-8-11(15(21-3)19(2)18-8)12-13(16)20(10-6-7-10)14(17-12)9-4-5-9/h9-10H,4-7,16H2,1-3H3. The molecular weight excluding hydrogens is 266 g/mol. The van der Waals surface area contributed by atoms with E-state index in [-0.39, 0.29) is 0 Å². The van der Waals surface area contributed by atoms with Crippen LogP contribution in [0.15, 0.2) is 0 Å². The van der Waals surface area contributed by atoms with Gasteiger partial charge in [-0.1, -0.05) is 0 Å². The summed E-state index contributed by atoms with van der Waals surface area (Å²) in [5, 5.41) is 4.45. The maximum atomic E-state index is 6.45. The van der Waals surface area contributed by atoms with Crippen molar-refractivity contribution in [1.29, 1.82) is 0 Å². The van der Waals surface area contributed by atoms with E-state index in [1.165, 1.54) is 25.7 Å². The van der Waals surface area contributed by atoms with E-state index < -0.39 is 0 Å². The van der Waals surface area contributed by atoms with Gasteiger partial charge in [-0.05, 0) is 32.6 Å². The number of nitrogen functional groups attached to an aromatic ring is 1. The average molecular weight is 287 g/mol. The first-order valence-corrected chi connectivity index (χ1v) is 7.57. The van der Waals surface area contributed by atoms with Crippen molar-refractivity contribution in [1.82, 2.24) is 19.3 Å². The molecule has 2 heterocycles. The minimum absolute atomic E-state index is 0.546. The number of hydrogen-bond donors (Lipinski definition) is 1. The van der Waals surface area contributed by atoms with Gasteiger partial charge in [0.1, 0.15) is 17.3 Å². The molecule has 0 radical (unpaired) electrons. The van der Waals surface area contributed by atoms with E-state index in [0.29, 0.717) is 12.0 Å². The Balaban J connectivity index is 1.91. The number of ether oxygens (including phenoxy) is 1. The first-order chi connectivity index (χ1) is 10.1. The molecule has 21 heavy (non-hydrogen) atoms. The zero-order valence-corrected chi connectivity index (χ0v) is 12.8. The Hall–Kier alpha value is -1.98. The van der Waals surface area contributed by atoms with E-state index in [2.05, 4.69) is 9.67 Å². The normalized spacial score (nSPS) is 18.2. The number of methoxy groups -OCH3 is 1. The van der Waals surface area contributed by atoms with Gasteiger partial charge in [-0.25, -0.2) is 9.67 Å². The lowest BCUT2D eigenvalue weighted by Crippen LogP contribution is -2.04. The van der Waals surface area contributed by atoms with Gasteiger partial charge >= 0.3 is 0 Å². The predicted octanol–water partition coefficient (Wildman–Crippen LogP) is 2.40. The lowest BCUT2D eigenvalue weighted by atomic mass is 10.2. The number of rotatable bonds is 4. The summed E-state index contributed by atoms with van der Waals surface area (Å²) in [6.07, 6.45) is 4.88. The van der Waals surface area contributed by atoms with E-state index >= 15 is 0 Å². The van der Waals surface area contributed by atoms with Gasteiger partial charge in [0.2, 0.25) is 5.88 Å². The average Bonchev–Trinajstić information content (AvgIpc) is 3.33. The molecule has 112 valence electrons. The SMILES string of the molecule is COc1c(-c2nc(C3CC3)n(C3CC3)c2N)c(C)nn1C. The van der Waals surface area contributed by atoms with Crippen molar-refractivity contribution >= 4 is 5.82 Å². The molecule has 4 rings (SSSR count). The Morgan fingerprint density at radius 3 is 2.52 bits per heavy atom. The van der Waals surface area contributed by atoms with Crippen LogP contribution in [0.25, 0.3) is 11.3 Å². The molecule has 2 saturated carbocycles. The lowest BCUT2D eigenvalue weighted by Gasteiger charge is -2.07. The van der Waals surface area contributed by atoms with Gasteiger partial charge in [0.15, 0.2) is 0 Å². The molecule has 2 aliphatic rings. The molecular formula is C15H21N5O. The largest absolute Gasteiger partial charge is 0.481 e. The predicted molar refractivity (Wildman–Crippen MR) is 80.4 cm³/mol. The third kappa shape index (κ3) is 1.85. The van der Waals surface area contributed by atoms with E-state index in [1.54, 1.807) is 11.8 Å². The summed E-state index contributed by atoms with van der Waals surface area (Å²) in [5.41, 5.74) is 9.13. The Kier molecular flexibility index (Phi) is 2.58. The van der Waals surface area contributed by atoms with Crippen molar-refractivity contribution in [3.8, 4) is 17.1 Å². The second kappa shape index (κ2) is 4.26. The fourth-order valence-corrected chi connectivity index (χ4v) is 3.14. The zero-order chi connectivity index (χ0) is 14.7. The summed E-state index contributed by atoms with van der Waals surface area (Å²) < 4.78 is 9.51. The Morgan fingerprint density at radius 2 is 1.95 bits per heavy atom. The van der Waals surface area contributed by atoms with Gasteiger partial charge in [0.25, 0.3) is 0 Å². The molecule has 0 aliphatic heterocycles. The Morgan fingerprint density at radius 1 is 1.24 bits per heavy atom. The Bertz CT molecular complexity index is 706. The van der Waals surface area contributed by atoms with Crippen molar-refractivity contribution in [2.75, 3.05) is 12.8 Å². The van der Waals surface area contributed by atoms with Crippen molar-refractivity contribution < 1.29 is 4.74 Å². The third-order valence-corrected chi connectivity index (χ3v) is 4.43. The van der Waals surface area contributed by atoms with E-state index in [9.17, 15) is 0 Å². The summed E-state index contributed by atoms with van der Waals surface area (Å²) in [6, 6.07) is 0.546. The number of aromatic nitrogens is 4. The third-order valence-electron chi connectivity index (χ3n) is 4.43. The molecule has 6 nitrogen and oxygen atoms in total. The van der Waals surface area contributed by atoms with Crippen LogP contribution in [-0.2, 0) is 7.05 Å². The second-order valence-corrected chi connectivity index (χ2v) is 6.17. The number of anilines is 1. The molecule has 2 aromatic heterocycles. The number of hydrogen-bond acceptors (Lipinski definition) is 4. The highest BCUT2D eigenvalue weighted by molar-refractivity contribution is 5.77. The van der Waals surface area contributed by atoms with Gasteiger partial charge in [0, 0.05) is 19.0 Å². The molecule has 0 atom stereocenters. The minimum atomic E-state index is 0.546. The molecule has 0 aromatic carbocycles. The van der Waals surface area contributed by atoms with Gasteiger partial charge in [0.05, 0.1) is 18.4 Å². The molecule has 0 amide bonds. The summed E-state index contributed by atoms with van der Waals surface area (Å²) in [4.78, 5) is 4.89. The quantitative estimate of drug-likeness (QED) is 0.937. The summed E-state index contributed by atoms with van der Waals surface area (Å²) >= 11 is 0. The number of aryl methyl sites for hydroxylation is 2. The molecule has 2 aromatic rings. The topological polar surface area (TPSA) is 70.9 Å². The fourth-order valence-electron chi connectivity index (χ4n) is 3.14. The van der Waals surface area contributed by atoms with Crippen LogP contribution in [0.2, 0.25) is 0 Å². The van der Waals surface area contributed by atoms with Crippen molar-refractivity contribution in [2.45, 2.75) is 44.6 Å². The number of nitrogens with zero attached hydrogens (tertiary/aromatic N) is 4. The summed E-state index contributed by atoms with van der Waals surface area (Å²) in [7, 11) is 3.54.